The summed E-state index contributed by atoms with van der Waals surface area (Å²) in [5, 5.41) is 3.20. The maximum absolute atomic E-state index is 12.7. The molecule has 4 rings (SSSR count). The summed E-state index contributed by atoms with van der Waals surface area (Å²) in [6.45, 7) is 4.48. The molecule has 0 saturated heterocycles. The molecular formula is C22H30N2O3. The minimum atomic E-state index is -0.462. The van der Waals surface area contributed by atoms with Gasteiger partial charge in [-0.05, 0) is 62.5 Å². The van der Waals surface area contributed by atoms with Crippen LogP contribution in [0, 0.1) is 17.8 Å². The van der Waals surface area contributed by atoms with E-state index in [1.807, 2.05) is 31.2 Å². The number of anilines is 1. The Kier molecular flexibility index (Phi) is 5.11. The molecule has 0 radical (unpaired) electrons. The predicted molar refractivity (Wildman–Crippen MR) is 105 cm³/mol. The zero-order valence-corrected chi connectivity index (χ0v) is 16.3. The van der Waals surface area contributed by atoms with E-state index in [1.54, 1.807) is 4.90 Å². The van der Waals surface area contributed by atoms with Gasteiger partial charge in [-0.15, -0.1) is 0 Å². The van der Waals surface area contributed by atoms with Crippen LogP contribution in [0.5, 0.6) is 5.75 Å². The smallest absolute Gasteiger partial charge is 0.268 e. The lowest BCUT2D eigenvalue weighted by molar-refractivity contribution is -0.126. The number of nitrogens with one attached hydrogen (secondary N) is 1. The molecule has 1 aromatic carbocycles. The number of rotatable bonds is 6. The van der Waals surface area contributed by atoms with Crippen molar-refractivity contribution in [3.8, 4) is 5.75 Å². The molecule has 2 saturated carbocycles. The fourth-order valence-electron chi connectivity index (χ4n) is 5.32. The average molecular weight is 370 g/mol. The van der Waals surface area contributed by atoms with Crippen LogP contribution in [-0.4, -0.2) is 30.5 Å². The van der Waals surface area contributed by atoms with Gasteiger partial charge in [0.1, 0.15) is 5.75 Å². The van der Waals surface area contributed by atoms with E-state index >= 15 is 0 Å². The summed E-state index contributed by atoms with van der Waals surface area (Å²) < 4.78 is 5.80. The van der Waals surface area contributed by atoms with Crippen LogP contribution in [0.4, 0.5) is 5.69 Å². The molecule has 0 spiro atoms. The lowest BCUT2D eigenvalue weighted by atomic mass is 9.84. The molecule has 5 nitrogen and oxygen atoms in total. The summed E-state index contributed by atoms with van der Waals surface area (Å²) in [5.74, 6) is 3.01. The van der Waals surface area contributed by atoms with Gasteiger partial charge in [-0.2, -0.15) is 0 Å². The predicted octanol–water partition coefficient (Wildman–Crippen LogP) is 3.52. The Morgan fingerprint density at radius 3 is 2.81 bits per heavy atom. The minimum Gasteiger partial charge on any atom is -0.478 e. The Labute approximate surface area is 161 Å². The number of carbonyl (C=O) groups excluding carboxylic acids is 2. The van der Waals surface area contributed by atoms with Gasteiger partial charge in [0.25, 0.3) is 5.91 Å². The molecule has 1 aromatic rings. The van der Waals surface area contributed by atoms with Gasteiger partial charge in [-0.1, -0.05) is 25.5 Å². The average Bonchev–Trinajstić information content (AvgIpc) is 3.30. The van der Waals surface area contributed by atoms with Crippen LogP contribution in [0.15, 0.2) is 24.3 Å². The van der Waals surface area contributed by atoms with Crippen molar-refractivity contribution in [1.29, 1.82) is 0 Å². The molecule has 2 bridgehead atoms. The normalized spacial score (nSPS) is 30.0. The van der Waals surface area contributed by atoms with Crippen molar-refractivity contribution in [2.24, 2.45) is 17.8 Å². The van der Waals surface area contributed by atoms with Gasteiger partial charge < -0.3 is 15.0 Å². The molecule has 1 heterocycles. The van der Waals surface area contributed by atoms with Crippen LogP contribution in [0.2, 0.25) is 0 Å². The van der Waals surface area contributed by atoms with Crippen molar-refractivity contribution in [2.75, 3.05) is 11.4 Å². The standard InChI is InChI=1S/C22H30N2O3/c1-3-19-22(26)24(18-6-4-5-7-20(18)27-19)11-10-21(25)23-14(2)17-13-15-8-9-16(17)12-15/h4-7,14-17,19H,3,8-13H2,1-2H3,(H,23,25). The van der Waals surface area contributed by atoms with E-state index < -0.39 is 6.10 Å². The van der Waals surface area contributed by atoms with E-state index in [4.69, 9.17) is 4.74 Å². The quantitative estimate of drug-likeness (QED) is 0.833. The summed E-state index contributed by atoms with van der Waals surface area (Å²) in [6, 6.07) is 7.79. The molecule has 2 aliphatic carbocycles. The summed E-state index contributed by atoms with van der Waals surface area (Å²) in [6.07, 6.45) is 5.79. The fourth-order valence-corrected chi connectivity index (χ4v) is 5.32. The van der Waals surface area contributed by atoms with Crippen LogP contribution >= 0.6 is 0 Å². The highest BCUT2D eigenvalue weighted by atomic mass is 16.5. The Morgan fingerprint density at radius 1 is 1.30 bits per heavy atom. The molecule has 5 heteroatoms. The second-order valence-corrected chi connectivity index (χ2v) is 8.42. The lowest BCUT2D eigenvalue weighted by Gasteiger charge is -2.34. The van der Waals surface area contributed by atoms with E-state index in [-0.39, 0.29) is 17.9 Å². The molecule has 3 aliphatic rings. The highest BCUT2D eigenvalue weighted by Gasteiger charge is 2.42. The van der Waals surface area contributed by atoms with Crippen LogP contribution in [0.1, 0.15) is 52.4 Å². The van der Waals surface area contributed by atoms with Crippen molar-refractivity contribution in [3.05, 3.63) is 24.3 Å². The van der Waals surface area contributed by atoms with Crippen molar-refractivity contribution >= 4 is 17.5 Å². The highest BCUT2D eigenvalue weighted by molar-refractivity contribution is 6.00. The SMILES string of the molecule is CCC1Oc2ccccc2N(CCC(=O)NC(C)C2CC3CCC2C3)C1=O. The third-order valence-corrected chi connectivity index (χ3v) is 6.72. The largest absolute Gasteiger partial charge is 0.478 e. The number of hydrogen-bond donors (Lipinski definition) is 1. The van der Waals surface area contributed by atoms with Crippen molar-refractivity contribution < 1.29 is 14.3 Å². The summed E-state index contributed by atoms with van der Waals surface area (Å²) >= 11 is 0. The molecule has 5 atom stereocenters. The van der Waals surface area contributed by atoms with Gasteiger partial charge in [0.05, 0.1) is 5.69 Å². The Balaban J connectivity index is 1.36. The number of fused-ring (bicyclic) bond motifs is 3. The molecule has 1 N–H and O–H groups in total. The summed E-state index contributed by atoms with van der Waals surface area (Å²) in [5.41, 5.74) is 0.765. The first kappa shape index (κ1) is 18.3. The van der Waals surface area contributed by atoms with E-state index in [2.05, 4.69) is 12.2 Å². The van der Waals surface area contributed by atoms with Crippen LogP contribution in [0.3, 0.4) is 0 Å². The van der Waals surface area contributed by atoms with Gasteiger partial charge in [-0.3, -0.25) is 9.59 Å². The number of nitrogens with zero attached hydrogens (tertiary/aromatic N) is 1. The summed E-state index contributed by atoms with van der Waals surface area (Å²) in [4.78, 5) is 27.0. The molecule has 2 fully saturated rings. The maximum Gasteiger partial charge on any atom is 0.268 e. The number of carbonyl (C=O) groups is 2. The van der Waals surface area contributed by atoms with Crippen LogP contribution in [0.25, 0.3) is 0 Å². The molecule has 27 heavy (non-hydrogen) atoms. The Morgan fingerprint density at radius 2 is 2.11 bits per heavy atom. The highest BCUT2D eigenvalue weighted by Crippen LogP contribution is 2.49. The topological polar surface area (TPSA) is 58.6 Å². The molecular weight excluding hydrogens is 340 g/mol. The van der Waals surface area contributed by atoms with Crippen molar-refractivity contribution in [2.45, 2.75) is 64.5 Å². The van der Waals surface area contributed by atoms with E-state index in [0.717, 1.165) is 23.3 Å². The van der Waals surface area contributed by atoms with Gasteiger partial charge in [0.15, 0.2) is 6.10 Å². The Hall–Kier alpha value is -2.04. The molecule has 146 valence electrons. The van der Waals surface area contributed by atoms with Gasteiger partial charge in [-0.25, -0.2) is 0 Å². The monoisotopic (exact) mass is 370 g/mol. The maximum atomic E-state index is 12.7. The van der Waals surface area contributed by atoms with Crippen molar-refractivity contribution in [3.63, 3.8) is 0 Å². The summed E-state index contributed by atoms with van der Waals surface area (Å²) in [7, 11) is 0. The minimum absolute atomic E-state index is 0.0371. The van der Waals surface area contributed by atoms with E-state index in [0.29, 0.717) is 25.3 Å². The number of hydrogen-bond acceptors (Lipinski definition) is 3. The zero-order valence-electron chi connectivity index (χ0n) is 16.3. The van der Waals surface area contributed by atoms with Gasteiger partial charge in [0, 0.05) is 19.0 Å². The number of para-hydroxylation sites is 2. The number of benzene rings is 1. The van der Waals surface area contributed by atoms with E-state index in [1.165, 1.54) is 25.7 Å². The second kappa shape index (κ2) is 7.53. The molecule has 2 amide bonds. The second-order valence-electron chi connectivity index (χ2n) is 8.42. The van der Waals surface area contributed by atoms with Crippen molar-refractivity contribution in [1.82, 2.24) is 5.32 Å². The molecule has 5 unspecified atom stereocenters. The van der Waals surface area contributed by atoms with E-state index in [9.17, 15) is 9.59 Å². The van der Waals surface area contributed by atoms with Crippen LogP contribution < -0.4 is 15.0 Å². The third-order valence-electron chi connectivity index (χ3n) is 6.72. The number of ether oxygens (including phenoxy) is 1. The first-order valence-corrected chi connectivity index (χ1v) is 10.4. The first-order valence-electron chi connectivity index (χ1n) is 10.4. The lowest BCUT2D eigenvalue weighted by Crippen LogP contribution is -2.47. The van der Waals surface area contributed by atoms with Gasteiger partial charge in [0.2, 0.25) is 5.91 Å². The molecule has 0 aromatic heterocycles. The first-order chi connectivity index (χ1) is 13.1. The fraction of sp³-hybridized carbons (Fsp3) is 0.636. The van der Waals surface area contributed by atoms with Crippen LogP contribution in [-0.2, 0) is 9.59 Å². The zero-order chi connectivity index (χ0) is 19.0. The Bertz CT molecular complexity index is 719. The third kappa shape index (κ3) is 3.56. The number of amides is 2. The molecule has 1 aliphatic heterocycles. The van der Waals surface area contributed by atoms with Gasteiger partial charge >= 0.3 is 0 Å².